The number of fused-ring (bicyclic) bond motifs is 2. The molecule has 7 heteroatoms. The van der Waals surface area contributed by atoms with Crippen LogP contribution in [0.3, 0.4) is 0 Å². The number of quaternary nitrogens is 1. The Hall–Kier alpha value is -2.51. The topological polar surface area (TPSA) is 63.1 Å². The summed E-state index contributed by atoms with van der Waals surface area (Å²) in [6.45, 7) is 8.44. The minimum Gasteiger partial charge on any atom is -0.450 e. The SMILES string of the molecule is CCOC(=O)Nc1ccc2c(c1)N(C(=O)C[NH+](CC)CC)c1ccccc1S2. The highest BCUT2D eigenvalue weighted by atomic mass is 32.2. The molecule has 0 spiro atoms. The Kier molecular flexibility index (Phi) is 6.59. The lowest BCUT2D eigenvalue weighted by molar-refractivity contribution is -0.888. The fraction of sp³-hybridized carbons (Fsp3) is 0.333. The van der Waals surface area contributed by atoms with Crippen molar-refractivity contribution in [3.63, 3.8) is 0 Å². The maximum Gasteiger partial charge on any atom is 0.411 e. The number of carbonyl (C=O) groups excluding carboxylic acids is 2. The number of rotatable bonds is 6. The molecule has 0 aliphatic carbocycles. The summed E-state index contributed by atoms with van der Waals surface area (Å²) < 4.78 is 4.96. The molecule has 0 bridgehead atoms. The molecule has 1 aliphatic rings. The quantitative estimate of drug-likeness (QED) is 0.781. The Morgan fingerprint density at radius 2 is 1.75 bits per heavy atom. The number of hydrogen-bond donors (Lipinski definition) is 2. The largest absolute Gasteiger partial charge is 0.450 e. The summed E-state index contributed by atoms with van der Waals surface area (Å²) in [5.74, 6) is 0.0426. The smallest absolute Gasteiger partial charge is 0.411 e. The van der Waals surface area contributed by atoms with Gasteiger partial charge in [0.1, 0.15) is 0 Å². The second-order valence-electron chi connectivity index (χ2n) is 6.46. The van der Waals surface area contributed by atoms with Crippen molar-refractivity contribution >= 4 is 40.8 Å². The summed E-state index contributed by atoms with van der Waals surface area (Å²) in [5.41, 5.74) is 2.27. The van der Waals surface area contributed by atoms with E-state index in [9.17, 15) is 9.59 Å². The van der Waals surface area contributed by atoms with Gasteiger partial charge in [0, 0.05) is 15.5 Å². The molecule has 0 fully saturated rings. The third-order valence-corrected chi connectivity index (χ3v) is 5.83. The minimum atomic E-state index is -0.503. The average molecular weight is 401 g/mol. The predicted molar refractivity (Wildman–Crippen MR) is 112 cm³/mol. The van der Waals surface area contributed by atoms with E-state index in [4.69, 9.17) is 4.74 Å². The van der Waals surface area contributed by atoms with Gasteiger partial charge in [0.05, 0.1) is 31.1 Å². The van der Waals surface area contributed by atoms with E-state index in [1.165, 1.54) is 4.90 Å². The van der Waals surface area contributed by atoms with E-state index in [1.54, 1.807) is 23.6 Å². The Morgan fingerprint density at radius 1 is 1.04 bits per heavy atom. The van der Waals surface area contributed by atoms with Crippen LogP contribution in [0.4, 0.5) is 21.9 Å². The van der Waals surface area contributed by atoms with Crippen molar-refractivity contribution in [2.45, 2.75) is 30.6 Å². The number of nitrogens with one attached hydrogen (secondary N) is 2. The van der Waals surface area contributed by atoms with Gasteiger partial charge in [-0.15, -0.1) is 0 Å². The Bertz CT molecular complexity index is 868. The van der Waals surface area contributed by atoms with Crippen LogP contribution >= 0.6 is 11.8 Å². The number of hydrogen-bond acceptors (Lipinski definition) is 4. The van der Waals surface area contributed by atoms with Crippen LogP contribution in [-0.2, 0) is 9.53 Å². The Labute approximate surface area is 169 Å². The summed E-state index contributed by atoms with van der Waals surface area (Å²) in [7, 11) is 0. The molecule has 0 aromatic heterocycles. The van der Waals surface area contributed by atoms with E-state index >= 15 is 0 Å². The van der Waals surface area contributed by atoms with Gasteiger partial charge in [0.2, 0.25) is 0 Å². The summed E-state index contributed by atoms with van der Waals surface area (Å²) in [4.78, 5) is 30.1. The normalized spacial score (nSPS) is 12.4. The van der Waals surface area contributed by atoms with Crippen LogP contribution < -0.4 is 15.1 Å². The Balaban J connectivity index is 1.98. The summed E-state index contributed by atoms with van der Waals surface area (Å²) in [6.07, 6.45) is -0.503. The van der Waals surface area contributed by atoms with Gasteiger partial charge in [0.25, 0.3) is 5.91 Å². The molecule has 0 saturated heterocycles. The number of benzene rings is 2. The van der Waals surface area contributed by atoms with Crippen molar-refractivity contribution in [1.29, 1.82) is 0 Å². The van der Waals surface area contributed by atoms with Gasteiger partial charge in [0.15, 0.2) is 6.54 Å². The van der Waals surface area contributed by atoms with Crippen LogP contribution in [0.15, 0.2) is 52.3 Å². The first-order chi connectivity index (χ1) is 13.6. The molecule has 1 heterocycles. The number of nitrogens with zero attached hydrogens (tertiary/aromatic N) is 1. The fourth-order valence-electron chi connectivity index (χ4n) is 3.18. The number of carbonyl (C=O) groups is 2. The third kappa shape index (κ3) is 4.31. The molecule has 0 atom stereocenters. The lowest BCUT2D eigenvalue weighted by atomic mass is 10.2. The first-order valence-corrected chi connectivity index (χ1v) is 10.4. The van der Waals surface area contributed by atoms with Gasteiger partial charge in [-0.2, -0.15) is 0 Å². The molecule has 2 amide bonds. The van der Waals surface area contributed by atoms with Crippen molar-refractivity contribution in [2.75, 3.05) is 36.5 Å². The van der Waals surface area contributed by atoms with Crippen LogP contribution in [0.25, 0.3) is 0 Å². The standard InChI is InChI=1S/C21H25N3O3S/c1-4-23(5-2)14-20(25)24-16-9-7-8-10-18(16)28-19-12-11-15(13-17(19)24)22-21(26)27-6-3/h7-13H,4-6,14H2,1-3H3,(H,22,26)/p+1. The number of para-hydroxylation sites is 1. The van der Waals surface area contributed by atoms with Crippen LogP contribution in [-0.4, -0.2) is 38.2 Å². The number of amides is 2. The number of likely N-dealkylation sites (N-methyl/N-ethyl adjacent to an activating group) is 1. The van der Waals surface area contributed by atoms with Crippen LogP contribution in [0.1, 0.15) is 20.8 Å². The summed E-state index contributed by atoms with van der Waals surface area (Å²) >= 11 is 1.63. The van der Waals surface area contributed by atoms with E-state index in [0.29, 0.717) is 18.8 Å². The van der Waals surface area contributed by atoms with Gasteiger partial charge in [-0.25, -0.2) is 4.79 Å². The van der Waals surface area contributed by atoms with Crippen molar-refractivity contribution in [3.8, 4) is 0 Å². The maximum absolute atomic E-state index is 13.3. The zero-order valence-corrected chi connectivity index (χ0v) is 17.3. The molecule has 6 nitrogen and oxygen atoms in total. The van der Waals surface area contributed by atoms with E-state index < -0.39 is 6.09 Å². The molecular formula is C21H26N3O3S+. The highest BCUT2D eigenvalue weighted by Crippen LogP contribution is 2.48. The van der Waals surface area contributed by atoms with Gasteiger partial charge in [-0.05, 0) is 51.1 Å². The van der Waals surface area contributed by atoms with Crippen molar-refractivity contribution in [1.82, 2.24) is 0 Å². The second kappa shape index (κ2) is 9.12. The third-order valence-electron chi connectivity index (χ3n) is 4.70. The molecule has 28 heavy (non-hydrogen) atoms. The van der Waals surface area contributed by atoms with Crippen molar-refractivity contribution < 1.29 is 19.2 Å². The molecule has 0 radical (unpaired) electrons. The Morgan fingerprint density at radius 3 is 2.46 bits per heavy atom. The zero-order chi connectivity index (χ0) is 20.1. The molecule has 2 aromatic carbocycles. The minimum absolute atomic E-state index is 0.0426. The average Bonchev–Trinajstić information content (AvgIpc) is 2.70. The van der Waals surface area contributed by atoms with Gasteiger partial charge in [-0.1, -0.05) is 23.9 Å². The summed E-state index contributed by atoms with van der Waals surface area (Å²) in [5, 5.41) is 2.73. The second-order valence-corrected chi connectivity index (χ2v) is 7.54. The molecule has 2 N–H and O–H groups in total. The fourth-order valence-corrected chi connectivity index (χ4v) is 4.22. The lowest BCUT2D eigenvalue weighted by Crippen LogP contribution is -3.12. The highest BCUT2D eigenvalue weighted by molar-refractivity contribution is 7.99. The van der Waals surface area contributed by atoms with Gasteiger partial charge < -0.3 is 9.64 Å². The molecule has 2 aromatic rings. The van der Waals surface area contributed by atoms with Gasteiger partial charge >= 0.3 is 6.09 Å². The maximum atomic E-state index is 13.3. The number of anilines is 3. The lowest BCUT2D eigenvalue weighted by Gasteiger charge is -2.32. The summed E-state index contributed by atoms with van der Waals surface area (Å²) in [6, 6.07) is 13.5. The van der Waals surface area contributed by atoms with Gasteiger partial charge in [-0.3, -0.25) is 15.0 Å². The van der Waals surface area contributed by atoms with Crippen molar-refractivity contribution in [3.05, 3.63) is 42.5 Å². The highest BCUT2D eigenvalue weighted by Gasteiger charge is 2.30. The molecule has 0 saturated carbocycles. The van der Waals surface area contributed by atoms with E-state index in [-0.39, 0.29) is 5.91 Å². The van der Waals surface area contributed by atoms with E-state index in [2.05, 4.69) is 19.2 Å². The van der Waals surface area contributed by atoms with E-state index in [1.807, 2.05) is 42.5 Å². The molecule has 148 valence electrons. The predicted octanol–water partition coefficient (Wildman–Crippen LogP) is 3.31. The molecule has 1 aliphatic heterocycles. The number of ether oxygens (including phenoxy) is 1. The zero-order valence-electron chi connectivity index (χ0n) is 16.5. The van der Waals surface area contributed by atoms with Crippen LogP contribution in [0.5, 0.6) is 0 Å². The van der Waals surface area contributed by atoms with Crippen molar-refractivity contribution in [2.24, 2.45) is 0 Å². The monoisotopic (exact) mass is 400 g/mol. The van der Waals surface area contributed by atoms with E-state index in [0.717, 1.165) is 34.3 Å². The molecular weight excluding hydrogens is 374 g/mol. The first-order valence-electron chi connectivity index (χ1n) is 9.58. The van der Waals surface area contributed by atoms with Crippen LogP contribution in [0, 0.1) is 0 Å². The molecule has 3 rings (SSSR count). The molecule has 0 unspecified atom stereocenters. The van der Waals surface area contributed by atoms with Crippen LogP contribution in [0.2, 0.25) is 0 Å². The first kappa shape index (κ1) is 20.2.